The molecule has 0 unspecified atom stereocenters. The molecular weight excluding hydrogens is 376 g/mol. The number of nitrogens with one attached hydrogen (secondary N) is 1. The number of pyridine rings is 1. The van der Waals surface area contributed by atoms with E-state index < -0.39 is 0 Å². The van der Waals surface area contributed by atoms with Gasteiger partial charge in [0.1, 0.15) is 5.56 Å². The lowest BCUT2D eigenvalue weighted by molar-refractivity contribution is 0.0947. The molecule has 0 spiro atoms. The quantitative estimate of drug-likeness (QED) is 0.512. The largest absolute Gasteiger partial charge is 0.480 e. The fourth-order valence-corrected chi connectivity index (χ4v) is 3.32. The van der Waals surface area contributed by atoms with Crippen molar-refractivity contribution in [1.29, 1.82) is 0 Å². The molecule has 0 fully saturated rings. The van der Waals surface area contributed by atoms with Gasteiger partial charge in [0, 0.05) is 25.1 Å². The van der Waals surface area contributed by atoms with Crippen molar-refractivity contribution in [3.8, 4) is 17.0 Å². The van der Waals surface area contributed by atoms with E-state index in [9.17, 15) is 4.79 Å². The van der Waals surface area contributed by atoms with Crippen molar-refractivity contribution in [2.45, 2.75) is 13.1 Å². The summed E-state index contributed by atoms with van der Waals surface area (Å²) in [6.45, 7) is 1.14. The molecule has 6 heteroatoms. The third kappa shape index (κ3) is 4.38. The third-order valence-corrected chi connectivity index (χ3v) is 4.83. The number of ether oxygens (including phenoxy) is 1. The van der Waals surface area contributed by atoms with Gasteiger partial charge in [0.05, 0.1) is 13.7 Å². The standard InChI is InChI=1S/C24H22N4O2/c1-30-24-22(8-4-13-25-24)23(29)26-16-20-6-2-3-7-21(20)19-11-9-18(10-12-19)17-28-15-5-14-27-28/h2-15H,16-17H2,1H3,(H,26,29). The highest BCUT2D eigenvalue weighted by Gasteiger charge is 2.13. The van der Waals surface area contributed by atoms with Crippen LogP contribution in [0.25, 0.3) is 11.1 Å². The summed E-state index contributed by atoms with van der Waals surface area (Å²) in [5, 5.41) is 7.22. The molecule has 0 saturated carbocycles. The first-order valence-corrected chi connectivity index (χ1v) is 9.66. The average Bonchev–Trinajstić information content (AvgIpc) is 3.31. The Kier molecular flexibility index (Phi) is 5.85. The van der Waals surface area contributed by atoms with Crippen molar-refractivity contribution < 1.29 is 9.53 Å². The van der Waals surface area contributed by atoms with Crippen LogP contribution in [0.4, 0.5) is 0 Å². The highest BCUT2D eigenvalue weighted by molar-refractivity contribution is 5.96. The molecule has 0 aliphatic rings. The average molecular weight is 398 g/mol. The molecule has 0 saturated heterocycles. The third-order valence-electron chi connectivity index (χ3n) is 4.83. The summed E-state index contributed by atoms with van der Waals surface area (Å²) < 4.78 is 7.08. The van der Waals surface area contributed by atoms with E-state index in [0.717, 1.165) is 23.2 Å². The van der Waals surface area contributed by atoms with E-state index in [4.69, 9.17) is 4.74 Å². The molecule has 2 heterocycles. The fourth-order valence-electron chi connectivity index (χ4n) is 3.32. The minimum absolute atomic E-state index is 0.218. The molecule has 1 amide bonds. The molecule has 0 radical (unpaired) electrons. The van der Waals surface area contributed by atoms with Gasteiger partial charge in [-0.05, 0) is 40.5 Å². The van der Waals surface area contributed by atoms with E-state index in [1.165, 1.54) is 12.7 Å². The van der Waals surface area contributed by atoms with Gasteiger partial charge in [-0.3, -0.25) is 9.48 Å². The van der Waals surface area contributed by atoms with Crippen LogP contribution in [-0.4, -0.2) is 27.8 Å². The minimum atomic E-state index is -0.218. The van der Waals surface area contributed by atoms with E-state index in [-0.39, 0.29) is 5.91 Å². The molecule has 1 N–H and O–H groups in total. The fraction of sp³-hybridized carbons (Fsp3) is 0.125. The van der Waals surface area contributed by atoms with Gasteiger partial charge in [-0.2, -0.15) is 5.10 Å². The summed E-state index contributed by atoms with van der Waals surface area (Å²) in [6.07, 6.45) is 5.32. The summed E-state index contributed by atoms with van der Waals surface area (Å²) in [7, 11) is 1.50. The number of carbonyl (C=O) groups is 1. The zero-order valence-corrected chi connectivity index (χ0v) is 16.7. The number of aromatic nitrogens is 3. The highest BCUT2D eigenvalue weighted by Crippen LogP contribution is 2.24. The first-order valence-electron chi connectivity index (χ1n) is 9.66. The van der Waals surface area contributed by atoms with E-state index in [1.54, 1.807) is 24.5 Å². The van der Waals surface area contributed by atoms with Crippen LogP contribution in [0.2, 0.25) is 0 Å². The summed E-state index contributed by atoms with van der Waals surface area (Å²) >= 11 is 0. The van der Waals surface area contributed by atoms with Crippen molar-refractivity contribution in [3.05, 3.63) is 102 Å². The van der Waals surface area contributed by atoms with Crippen LogP contribution in [-0.2, 0) is 13.1 Å². The van der Waals surface area contributed by atoms with Crippen LogP contribution in [0.1, 0.15) is 21.5 Å². The Morgan fingerprint density at radius 1 is 1.00 bits per heavy atom. The van der Waals surface area contributed by atoms with Crippen LogP contribution < -0.4 is 10.1 Å². The van der Waals surface area contributed by atoms with E-state index in [1.807, 2.05) is 35.1 Å². The summed E-state index contributed by atoms with van der Waals surface area (Å²) in [4.78, 5) is 16.7. The zero-order chi connectivity index (χ0) is 20.8. The molecule has 0 aliphatic heterocycles. The normalized spacial score (nSPS) is 10.6. The Bertz CT molecular complexity index is 1120. The van der Waals surface area contributed by atoms with Crippen LogP contribution in [0.3, 0.4) is 0 Å². The highest BCUT2D eigenvalue weighted by atomic mass is 16.5. The van der Waals surface area contributed by atoms with Gasteiger partial charge in [-0.25, -0.2) is 4.98 Å². The molecule has 4 rings (SSSR count). The molecule has 0 bridgehead atoms. The molecule has 150 valence electrons. The summed E-state index contributed by atoms with van der Waals surface area (Å²) in [5.41, 5.74) is 4.82. The monoisotopic (exact) mass is 398 g/mol. The number of amides is 1. The van der Waals surface area contributed by atoms with E-state index in [0.29, 0.717) is 18.0 Å². The molecule has 30 heavy (non-hydrogen) atoms. The van der Waals surface area contributed by atoms with Crippen molar-refractivity contribution in [1.82, 2.24) is 20.1 Å². The Morgan fingerprint density at radius 3 is 2.60 bits per heavy atom. The van der Waals surface area contributed by atoms with Gasteiger partial charge in [-0.15, -0.1) is 0 Å². The number of benzene rings is 2. The van der Waals surface area contributed by atoms with Gasteiger partial charge >= 0.3 is 0 Å². The molecular formula is C24H22N4O2. The number of methoxy groups -OCH3 is 1. The number of carbonyl (C=O) groups excluding carboxylic acids is 1. The van der Waals surface area contributed by atoms with Gasteiger partial charge in [0.15, 0.2) is 0 Å². The summed E-state index contributed by atoms with van der Waals surface area (Å²) in [5.74, 6) is 0.0976. The molecule has 6 nitrogen and oxygen atoms in total. The van der Waals surface area contributed by atoms with Gasteiger partial charge < -0.3 is 10.1 Å². The topological polar surface area (TPSA) is 69.0 Å². The first kappa shape index (κ1) is 19.4. The van der Waals surface area contributed by atoms with Crippen LogP contribution in [0.15, 0.2) is 85.3 Å². The SMILES string of the molecule is COc1ncccc1C(=O)NCc1ccccc1-c1ccc(Cn2cccn2)cc1. The molecule has 0 aliphatic carbocycles. The smallest absolute Gasteiger partial charge is 0.257 e. The maximum Gasteiger partial charge on any atom is 0.257 e. The number of rotatable bonds is 7. The Balaban J connectivity index is 1.49. The van der Waals surface area contributed by atoms with Crippen LogP contribution in [0.5, 0.6) is 5.88 Å². The molecule has 2 aromatic heterocycles. The number of hydrogen-bond acceptors (Lipinski definition) is 4. The molecule has 2 aromatic carbocycles. The Hall–Kier alpha value is -3.93. The number of hydrogen-bond donors (Lipinski definition) is 1. The van der Waals surface area contributed by atoms with Crippen molar-refractivity contribution in [3.63, 3.8) is 0 Å². The predicted molar refractivity (Wildman–Crippen MR) is 115 cm³/mol. The van der Waals surface area contributed by atoms with Gasteiger partial charge in [0.2, 0.25) is 5.88 Å². The van der Waals surface area contributed by atoms with Crippen molar-refractivity contribution in [2.75, 3.05) is 7.11 Å². The van der Waals surface area contributed by atoms with Crippen molar-refractivity contribution in [2.24, 2.45) is 0 Å². The maximum atomic E-state index is 12.6. The Morgan fingerprint density at radius 2 is 1.83 bits per heavy atom. The number of nitrogens with zero attached hydrogens (tertiary/aromatic N) is 3. The zero-order valence-electron chi connectivity index (χ0n) is 16.7. The minimum Gasteiger partial charge on any atom is -0.480 e. The van der Waals surface area contributed by atoms with Gasteiger partial charge in [0.25, 0.3) is 5.91 Å². The second-order valence-corrected chi connectivity index (χ2v) is 6.80. The lowest BCUT2D eigenvalue weighted by Crippen LogP contribution is -2.23. The first-order chi connectivity index (χ1) is 14.7. The summed E-state index contributed by atoms with van der Waals surface area (Å²) in [6, 6.07) is 21.8. The maximum absolute atomic E-state index is 12.6. The van der Waals surface area contributed by atoms with Crippen LogP contribution >= 0.6 is 0 Å². The second-order valence-electron chi connectivity index (χ2n) is 6.80. The van der Waals surface area contributed by atoms with E-state index in [2.05, 4.69) is 45.7 Å². The Labute approximate surface area is 175 Å². The molecule has 4 aromatic rings. The van der Waals surface area contributed by atoms with E-state index >= 15 is 0 Å². The van der Waals surface area contributed by atoms with Crippen molar-refractivity contribution >= 4 is 5.91 Å². The molecule has 0 atom stereocenters. The lowest BCUT2D eigenvalue weighted by atomic mass is 9.98. The lowest BCUT2D eigenvalue weighted by Gasteiger charge is -2.12. The van der Waals surface area contributed by atoms with Crippen LogP contribution in [0, 0.1) is 0 Å². The second kappa shape index (κ2) is 9.05. The predicted octanol–water partition coefficient (Wildman–Crippen LogP) is 3.93. The van der Waals surface area contributed by atoms with Gasteiger partial charge in [-0.1, -0.05) is 48.5 Å².